The fourth-order valence-electron chi connectivity index (χ4n) is 3.96. The molecular weight excluding hydrogens is 378 g/mol. The van der Waals surface area contributed by atoms with Crippen LogP contribution in [0.15, 0.2) is 48.7 Å². The van der Waals surface area contributed by atoms with Gasteiger partial charge in [0.15, 0.2) is 0 Å². The molecule has 1 saturated carbocycles. The standard InChI is InChI=1S/C24H33N3O3/c1-24(2,3)30-23(28)26-19-12-14-20(15-13-19)27(17-18-9-6-5-7-10-18)21-11-8-16-25-22(21)29-4/h5-11,16,19-20H,12-15,17H2,1-4H3,(H,26,28). The molecule has 1 heterocycles. The van der Waals surface area contributed by atoms with Gasteiger partial charge in [0.05, 0.1) is 7.11 Å². The zero-order valence-corrected chi connectivity index (χ0v) is 18.4. The van der Waals surface area contributed by atoms with Gasteiger partial charge >= 0.3 is 6.09 Å². The molecule has 0 aliphatic heterocycles. The number of anilines is 1. The average molecular weight is 412 g/mol. The van der Waals surface area contributed by atoms with Gasteiger partial charge in [-0.3, -0.25) is 0 Å². The third-order valence-electron chi connectivity index (χ3n) is 5.31. The summed E-state index contributed by atoms with van der Waals surface area (Å²) in [5.74, 6) is 0.641. The van der Waals surface area contributed by atoms with Crippen molar-refractivity contribution < 1.29 is 14.3 Å². The van der Waals surface area contributed by atoms with Crippen LogP contribution >= 0.6 is 0 Å². The average Bonchev–Trinajstić information content (AvgIpc) is 2.72. The topological polar surface area (TPSA) is 63.7 Å². The van der Waals surface area contributed by atoms with E-state index in [4.69, 9.17) is 9.47 Å². The van der Waals surface area contributed by atoms with Crippen molar-refractivity contribution in [1.29, 1.82) is 0 Å². The molecule has 1 fully saturated rings. The van der Waals surface area contributed by atoms with Crippen LogP contribution in [0.5, 0.6) is 5.88 Å². The maximum absolute atomic E-state index is 12.1. The number of hydrogen-bond acceptors (Lipinski definition) is 5. The number of nitrogens with zero attached hydrogens (tertiary/aromatic N) is 2. The molecule has 1 N–H and O–H groups in total. The Labute approximate surface area is 179 Å². The Morgan fingerprint density at radius 2 is 1.80 bits per heavy atom. The van der Waals surface area contributed by atoms with Crippen molar-refractivity contribution in [2.75, 3.05) is 12.0 Å². The van der Waals surface area contributed by atoms with Crippen molar-refractivity contribution in [2.24, 2.45) is 0 Å². The molecule has 0 radical (unpaired) electrons. The van der Waals surface area contributed by atoms with Crippen molar-refractivity contribution >= 4 is 11.8 Å². The number of methoxy groups -OCH3 is 1. The fourth-order valence-corrected chi connectivity index (χ4v) is 3.96. The number of hydrogen-bond donors (Lipinski definition) is 1. The number of amides is 1. The third-order valence-corrected chi connectivity index (χ3v) is 5.31. The predicted octanol–water partition coefficient (Wildman–Crippen LogP) is 4.93. The lowest BCUT2D eigenvalue weighted by Gasteiger charge is -2.39. The van der Waals surface area contributed by atoms with E-state index < -0.39 is 5.60 Å². The maximum atomic E-state index is 12.1. The van der Waals surface area contributed by atoms with Crippen molar-refractivity contribution in [1.82, 2.24) is 10.3 Å². The highest BCUT2D eigenvalue weighted by Gasteiger charge is 2.29. The Hall–Kier alpha value is -2.76. The van der Waals surface area contributed by atoms with Crippen molar-refractivity contribution in [2.45, 2.75) is 70.7 Å². The number of rotatable bonds is 6. The molecule has 1 aliphatic carbocycles. The Kier molecular flexibility index (Phi) is 7.19. The number of alkyl carbamates (subject to hydrolysis) is 1. The Balaban J connectivity index is 1.70. The molecule has 0 unspecified atom stereocenters. The minimum atomic E-state index is -0.482. The van der Waals surface area contributed by atoms with Gasteiger partial charge < -0.3 is 19.7 Å². The highest BCUT2D eigenvalue weighted by atomic mass is 16.6. The van der Waals surface area contributed by atoms with Crippen molar-refractivity contribution in [3.63, 3.8) is 0 Å². The molecule has 0 atom stereocenters. The quantitative estimate of drug-likeness (QED) is 0.730. The largest absolute Gasteiger partial charge is 0.480 e. The Morgan fingerprint density at radius 1 is 1.10 bits per heavy atom. The van der Waals surface area contributed by atoms with Crippen LogP contribution in [0.4, 0.5) is 10.5 Å². The first-order valence-corrected chi connectivity index (χ1v) is 10.6. The normalized spacial score (nSPS) is 19.1. The molecule has 30 heavy (non-hydrogen) atoms. The first-order valence-electron chi connectivity index (χ1n) is 10.6. The van der Waals surface area contributed by atoms with Gasteiger partial charge in [-0.2, -0.15) is 0 Å². The van der Waals surface area contributed by atoms with Gasteiger partial charge in [-0.15, -0.1) is 0 Å². The van der Waals surface area contributed by atoms with E-state index in [2.05, 4.69) is 45.5 Å². The van der Waals surface area contributed by atoms with Crippen molar-refractivity contribution in [3.05, 3.63) is 54.2 Å². The van der Waals surface area contributed by atoms with Crippen LogP contribution in [0.2, 0.25) is 0 Å². The van der Waals surface area contributed by atoms with E-state index in [-0.39, 0.29) is 12.1 Å². The zero-order valence-electron chi connectivity index (χ0n) is 18.4. The summed E-state index contributed by atoms with van der Waals surface area (Å²) in [5, 5.41) is 3.03. The Morgan fingerprint density at radius 3 is 2.43 bits per heavy atom. The molecule has 3 rings (SSSR count). The summed E-state index contributed by atoms with van der Waals surface area (Å²) >= 11 is 0. The molecule has 1 aliphatic rings. The molecule has 6 heteroatoms. The highest BCUT2D eigenvalue weighted by Crippen LogP contribution is 2.33. The second-order valence-electron chi connectivity index (χ2n) is 8.80. The first-order chi connectivity index (χ1) is 14.4. The highest BCUT2D eigenvalue weighted by molar-refractivity contribution is 5.68. The van der Waals surface area contributed by atoms with E-state index in [0.29, 0.717) is 11.9 Å². The lowest BCUT2D eigenvalue weighted by Crippen LogP contribution is -2.45. The molecule has 1 aromatic heterocycles. The van der Waals surface area contributed by atoms with Crippen LogP contribution in [0, 0.1) is 0 Å². The van der Waals surface area contributed by atoms with Gasteiger partial charge in [0.25, 0.3) is 0 Å². The van der Waals surface area contributed by atoms with Gasteiger partial charge in [-0.05, 0) is 64.2 Å². The van der Waals surface area contributed by atoms with E-state index in [1.54, 1.807) is 13.3 Å². The minimum absolute atomic E-state index is 0.144. The van der Waals surface area contributed by atoms with Crippen molar-refractivity contribution in [3.8, 4) is 5.88 Å². The SMILES string of the molecule is COc1ncccc1N(Cc1ccccc1)C1CCC(NC(=O)OC(C)(C)C)CC1. The van der Waals surface area contributed by atoms with Crippen LogP contribution in [0.25, 0.3) is 0 Å². The van der Waals surface area contributed by atoms with E-state index in [1.807, 2.05) is 32.9 Å². The van der Waals surface area contributed by atoms with E-state index in [1.165, 1.54) is 5.56 Å². The van der Waals surface area contributed by atoms with E-state index >= 15 is 0 Å². The summed E-state index contributed by atoms with van der Waals surface area (Å²) in [5.41, 5.74) is 1.77. The van der Waals surface area contributed by atoms with Crippen LogP contribution < -0.4 is 15.0 Å². The molecule has 6 nitrogen and oxygen atoms in total. The number of nitrogens with one attached hydrogen (secondary N) is 1. The number of benzene rings is 1. The van der Waals surface area contributed by atoms with Crippen LogP contribution in [0.1, 0.15) is 52.0 Å². The van der Waals surface area contributed by atoms with Crippen LogP contribution in [-0.4, -0.2) is 35.9 Å². The number of carbonyl (C=O) groups is 1. The second kappa shape index (κ2) is 9.83. The van der Waals surface area contributed by atoms with E-state index in [0.717, 1.165) is 37.9 Å². The van der Waals surface area contributed by atoms with Crippen LogP contribution in [-0.2, 0) is 11.3 Å². The third kappa shape index (κ3) is 6.12. The van der Waals surface area contributed by atoms with Crippen LogP contribution in [0.3, 0.4) is 0 Å². The fraction of sp³-hybridized carbons (Fsp3) is 0.500. The minimum Gasteiger partial charge on any atom is -0.480 e. The number of aromatic nitrogens is 1. The van der Waals surface area contributed by atoms with Gasteiger partial charge in [0.2, 0.25) is 5.88 Å². The lowest BCUT2D eigenvalue weighted by atomic mass is 9.89. The molecule has 0 bridgehead atoms. The molecule has 0 spiro atoms. The van der Waals surface area contributed by atoms with Gasteiger partial charge in [-0.25, -0.2) is 9.78 Å². The summed E-state index contributed by atoms with van der Waals surface area (Å²) in [7, 11) is 1.66. The number of pyridine rings is 1. The second-order valence-corrected chi connectivity index (χ2v) is 8.80. The molecule has 2 aromatic rings. The summed E-state index contributed by atoms with van der Waals surface area (Å²) in [4.78, 5) is 18.9. The first kappa shape index (κ1) is 21.9. The molecule has 162 valence electrons. The smallest absolute Gasteiger partial charge is 0.407 e. The number of ether oxygens (including phenoxy) is 2. The summed E-state index contributed by atoms with van der Waals surface area (Å²) in [6.45, 7) is 6.43. The maximum Gasteiger partial charge on any atom is 0.407 e. The lowest BCUT2D eigenvalue weighted by molar-refractivity contribution is 0.0491. The summed E-state index contributed by atoms with van der Waals surface area (Å²) in [6.07, 6.45) is 5.21. The van der Waals surface area contributed by atoms with Gasteiger partial charge in [0.1, 0.15) is 11.3 Å². The Bertz CT molecular complexity index is 812. The zero-order chi connectivity index (χ0) is 21.6. The monoisotopic (exact) mass is 411 g/mol. The number of carbonyl (C=O) groups excluding carboxylic acids is 1. The molecule has 1 amide bonds. The molecule has 0 saturated heterocycles. The van der Waals surface area contributed by atoms with E-state index in [9.17, 15) is 4.79 Å². The van der Waals surface area contributed by atoms with Gasteiger partial charge in [-0.1, -0.05) is 30.3 Å². The van der Waals surface area contributed by atoms with Gasteiger partial charge in [0, 0.05) is 24.8 Å². The molecule has 1 aromatic carbocycles. The molecular formula is C24H33N3O3. The summed E-state index contributed by atoms with van der Waals surface area (Å²) < 4.78 is 11.0. The predicted molar refractivity (Wildman–Crippen MR) is 119 cm³/mol. The summed E-state index contributed by atoms with van der Waals surface area (Å²) in [6, 6.07) is 15.0.